The van der Waals surface area contributed by atoms with Gasteiger partial charge in [0.2, 0.25) is 0 Å². The van der Waals surface area contributed by atoms with Crippen molar-refractivity contribution in [3.8, 4) is 17.3 Å². The van der Waals surface area contributed by atoms with E-state index in [9.17, 15) is 0 Å². The van der Waals surface area contributed by atoms with Gasteiger partial charge in [0.25, 0.3) is 5.88 Å². The second-order valence-electron chi connectivity index (χ2n) is 6.09. The average molecular weight is 399 g/mol. The lowest BCUT2D eigenvalue weighted by molar-refractivity contribution is 0.403. The summed E-state index contributed by atoms with van der Waals surface area (Å²) in [5.41, 5.74) is 6.12. The Balaban J connectivity index is 1.64. The van der Waals surface area contributed by atoms with Crippen molar-refractivity contribution >= 4 is 40.5 Å². The number of fused-ring (bicyclic) bond motifs is 1. The Bertz CT molecular complexity index is 1030. The van der Waals surface area contributed by atoms with Gasteiger partial charge in [-0.15, -0.1) is 4.37 Å². The third-order valence-electron chi connectivity index (χ3n) is 4.82. The number of H-pyrrole nitrogens is 1. The van der Waals surface area contributed by atoms with Gasteiger partial charge in [-0.1, -0.05) is 12.2 Å². The number of rotatable bonds is 4. The Morgan fingerprint density at radius 1 is 1.08 bits per heavy atom. The first-order valence-electron chi connectivity index (χ1n) is 8.00. The molecule has 0 spiro atoms. The molecule has 26 heavy (non-hydrogen) atoms. The highest BCUT2D eigenvalue weighted by atomic mass is 32.1. The minimum Gasteiger partial charge on any atom is -0.479 e. The minimum absolute atomic E-state index is 0.165. The van der Waals surface area contributed by atoms with E-state index in [4.69, 9.17) is 4.74 Å². The highest BCUT2D eigenvalue weighted by molar-refractivity contribution is 7.08. The van der Waals surface area contributed by atoms with E-state index in [0.29, 0.717) is 11.6 Å². The fourth-order valence-electron chi connectivity index (χ4n) is 3.50. The lowest BCUT2D eigenvalue weighted by Crippen LogP contribution is -2.29. The van der Waals surface area contributed by atoms with Crippen LogP contribution in [0.4, 0.5) is 0 Å². The third-order valence-corrected chi connectivity index (χ3v) is 6.70. The smallest absolute Gasteiger partial charge is 0.255 e. The number of allylic oxidation sites excluding steroid dienone is 1. The third kappa shape index (κ3) is 2.29. The molecule has 4 aromatic rings. The van der Waals surface area contributed by atoms with E-state index in [1.807, 2.05) is 0 Å². The summed E-state index contributed by atoms with van der Waals surface area (Å²) in [6.07, 6.45) is 5.29. The molecule has 0 aromatic carbocycles. The summed E-state index contributed by atoms with van der Waals surface area (Å²) in [4.78, 5) is 0. The maximum atomic E-state index is 5.32. The van der Waals surface area contributed by atoms with Crippen LogP contribution >= 0.6 is 34.4 Å². The Morgan fingerprint density at radius 2 is 1.85 bits per heavy atom. The lowest BCUT2D eigenvalue weighted by Gasteiger charge is -2.32. The van der Waals surface area contributed by atoms with Crippen molar-refractivity contribution in [3.63, 3.8) is 0 Å². The highest BCUT2D eigenvalue weighted by Crippen LogP contribution is 2.44. The van der Waals surface area contributed by atoms with Gasteiger partial charge in [-0.3, -0.25) is 5.10 Å². The van der Waals surface area contributed by atoms with Gasteiger partial charge in [-0.25, -0.2) is 0 Å². The van der Waals surface area contributed by atoms with Gasteiger partial charge in [0.1, 0.15) is 5.69 Å². The van der Waals surface area contributed by atoms with E-state index in [1.165, 1.54) is 11.1 Å². The molecular weight excluding hydrogens is 384 g/mol. The number of hydrogen-bond acceptors (Lipinski definition) is 7. The van der Waals surface area contributed by atoms with Crippen LogP contribution < -0.4 is 4.74 Å². The summed E-state index contributed by atoms with van der Waals surface area (Å²) < 4.78 is 13.9. The number of nitrogens with one attached hydrogen (secondary N) is 1. The summed E-state index contributed by atoms with van der Waals surface area (Å²) in [5.74, 6) is 0.519. The molecule has 0 saturated heterocycles. The number of hydrogen-bond donors (Lipinski definition) is 1. The molecule has 4 heterocycles. The molecule has 8 heteroatoms. The molecule has 4 aromatic heterocycles. The van der Waals surface area contributed by atoms with Gasteiger partial charge in [0.15, 0.2) is 5.69 Å². The molecule has 1 aliphatic carbocycles. The summed E-state index contributed by atoms with van der Waals surface area (Å²) in [6, 6.07) is 4.42. The predicted octanol–water partition coefficient (Wildman–Crippen LogP) is 4.62. The molecular formula is C18H14N4OS3. The van der Waals surface area contributed by atoms with Crippen LogP contribution in [0, 0.1) is 0 Å². The van der Waals surface area contributed by atoms with Crippen LogP contribution in [-0.2, 0) is 11.8 Å². The zero-order chi connectivity index (χ0) is 17.6. The normalized spacial score (nSPS) is 15.1. The van der Waals surface area contributed by atoms with Crippen LogP contribution in [0.3, 0.4) is 0 Å². The zero-order valence-corrected chi connectivity index (χ0v) is 16.3. The second-order valence-corrected chi connectivity index (χ2v) is 8.18. The van der Waals surface area contributed by atoms with Crippen LogP contribution in [0.2, 0.25) is 0 Å². The fourth-order valence-corrected chi connectivity index (χ4v) is 5.50. The number of methoxy groups -OCH3 is 1. The largest absolute Gasteiger partial charge is 0.479 e. The average Bonchev–Trinajstić information content (AvgIpc) is 3.48. The number of ether oxygens (including phenoxy) is 1. The van der Waals surface area contributed by atoms with Gasteiger partial charge >= 0.3 is 0 Å². The van der Waals surface area contributed by atoms with Gasteiger partial charge < -0.3 is 4.74 Å². The maximum Gasteiger partial charge on any atom is 0.255 e. The molecule has 5 rings (SSSR count). The molecule has 1 aliphatic rings. The van der Waals surface area contributed by atoms with E-state index < -0.39 is 0 Å². The molecule has 0 unspecified atom stereocenters. The van der Waals surface area contributed by atoms with Crippen LogP contribution in [-0.4, -0.2) is 26.1 Å². The summed E-state index contributed by atoms with van der Waals surface area (Å²) in [6.45, 7) is 0. The number of thiophene rings is 2. The number of aromatic nitrogens is 4. The monoisotopic (exact) mass is 398 g/mol. The Morgan fingerprint density at radius 3 is 2.50 bits per heavy atom. The SMILES string of the molecule is COc1nsnc1-c1n[nH]c2c1C=CC(c1ccsc1)(c1ccsc1)C2. The van der Waals surface area contributed by atoms with Gasteiger partial charge in [0.05, 0.1) is 18.8 Å². The van der Waals surface area contributed by atoms with E-state index in [0.717, 1.165) is 35.1 Å². The quantitative estimate of drug-likeness (QED) is 0.545. The van der Waals surface area contributed by atoms with Crippen molar-refractivity contribution in [3.05, 3.63) is 62.1 Å². The molecule has 0 aliphatic heterocycles. The number of aromatic amines is 1. The van der Waals surface area contributed by atoms with Gasteiger partial charge in [-0.2, -0.15) is 32.1 Å². The summed E-state index contributed by atoms with van der Waals surface area (Å²) in [5, 5.41) is 16.5. The topological polar surface area (TPSA) is 63.7 Å². The fraction of sp³-hybridized carbons (Fsp3) is 0.167. The van der Waals surface area contributed by atoms with E-state index in [1.54, 1.807) is 29.8 Å². The number of nitrogens with zero attached hydrogens (tertiary/aromatic N) is 3. The van der Waals surface area contributed by atoms with Crippen molar-refractivity contribution in [1.82, 2.24) is 18.9 Å². The van der Waals surface area contributed by atoms with Crippen molar-refractivity contribution in [2.75, 3.05) is 7.11 Å². The van der Waals surface area contributed by atoms with Gasteiger partial charge in [0, 0.05) is 23.1 Å². The van der Waals surface area contributed by atoms with E-state index in [2.05, 4.69) is 64.7 Å². The van der Waals surface area contributed by atoms with Gasteiger partial charge in [-0.05, 0) is 44.8 Å². The van der Waals surface area contributed by atoms with Crippen molar-refractivity contribution < 1.29 is 4.74 Å². The van der Waals surface area contributed by atoms with Crippen molar-refractivity contribution in [1.29, 1.82) is 0 Å². The standard InChI is InChI=1S/C18H14N4OS3/c1-23-17-16(21-26-22-17)15-13-2-5-18(8-14(13)19-20-15,11-3-6-24-9-11)12-4-7-25-10-12/h2-7,9-10H,8H2,1H3,(H,19,20). The van der Waals surface area contributed by atoms with E-state index >= 15 is 0 Å². The van der Waals surface area contributed by atoms with Crippen molar-refractivity contribution in [2.24, 2.45) is 0 Å². The Kier molecular flexibility index (Phi) is 3.77. The van der Waals surface area contributed by atoms with Crippen LogP contribution in [0.5, 0.6) is 5.88 Å². The van der Waals surface area contributed by atoms with Crippen LogP contribution in [0.25, 0.3) is 17.5 Å². The first-order valence-corrected chi connectivity index (χ1v) is 10.6. The molecule has 0 radical (unpaired) electrons. The Labute approximate surface area is 162 Å². The highest BCUT2D eigenvalue weighted by Gasteiger charge is 2.37. The lowest BCUT2D eigenvalue weighted by atomic mass is 9.70. The molecule has 0 fully saturated rings. The van der Waals surface area contributed by atoms with Crippen LogP contribution in [0.1, 0.15) is 22.4 Å². The molecule has 0 atom stereocenters. The molecule has 130 valence electrons. The molecule has 0 bridgehead atoms. The Hall–Kier alpha value is -2.29. The molecule has 0 saturated carbocycles. The van der Waals surface area contributed by atoms with Crippen LogP contribution in [0.15, 0.2) is 39.7 Å². The first-order chi connectivity index (χ1) is 12.8. The molecule has 1 N–H and O–H groups in total. The maximum absolute atomic E-state index is 5.32. The zero-order valence-electron chi connectivity index (χ0n) is 13.8. The predicted molar refractivity (Wildman–Crippen MR) is 106 cm³/mol. The summed E-state index contributed by atoms with van der Waals surface area (Å²) in [7, 11) is 1.60. The second kappa shape index (κ2) is 6.15. The molecule has 5 nitrogen and oxygen atoms in total. The summed E-state index contributed by atoms with van der Waals surface area (Å²) >= 11 is 4.59. The van der Waals surface area contributed by atoms with Crippen molar-refractivity contribution in [2.45, 2.75) is 11.8 Å². The first kappa shape index (κ1) is 15.9. The molecule has 0 amide bonds. The van der Waals surface area contributed by atoms with E-state index in [-0.39, 0.29) is 5.41 Å². The minimum atomic E-state index is -0.165.